The molecular formula is C12H18F3NO3. The summed E-state index contributed by atoms with van der Waals surface area (Å²) >= 11 is 0. The molecule has 4 nitrogen and oxygen atoms in total. The number of rotatable bonds is 1. The van der Waals surface area contributed by atoms with Gasteiger partial charge in [-0.2, -0.15) is 13.2 Å². The van der Waals surface area contributed by atoms with E-state index in [1.165, 1.54) is 0 Å². The normalized spacial score (nSPS) is 24.5. The van der Waals surface area contributed by atoms with Crippen LogP contribution in [0, 0.1) is 11.8 Å². The van der Waals surface area contributed by atoms with Gasteiger partial charge in [-0.3, -0.25) is 4.79 Å². The Labute approximate surface area is 109 Å². The summed E-state index contributed by atoms with van der Waals surface area (Å²) in [5, 5.41) is 0. The van der Waals surface area contributed by atoms with E-state index in [0.717, 1.165) is 11.8 Å². The highest BCUT2D eigenvalue weighted by Crippen LogP contribution is 2.38. The zero-order chi connectivity index (χ0) is 15.0. The molecule has 1 amide bonds. The van der Waals surface area contributed by atoms with Crippen LogP contribution in [-0.4, -0.2) is 41.6 Å². The molecule has 0 bridgehead atoms. The first-order valence-corrected chi connectivity index (χ1v) is 5.97. The van der Waals surface area contributed by atoms with E-state index in [1.54, 1.807) is 20.8 Å². The van der Waals surface area contributed by atoms with Crippen LogP contribution in [0.25, 0.3) is 0 Å². The van der Waals surface area contributed by atoms with Crippen LogP contribution in [0.1, 0.15) is 27.7 Å². The van der Waals surface area contributed by atoms with E-state index < -0.39 is 42.0 Å². The van der Waals surface area contributed by atoms with E-state index in [1.807, 2.05) is 0 Å². The topological polar surface area (TPSA) is 46.6 Å². The van der Waals surface area contributed by atoms with Crippen LogP contribution in [0.15, 0.2) is 0 Å². The van der Waals surface area contributed by atoms with Crippen molar-refractivity contribution in [3.8, 4) is 0 Å². The van der Waals surface area contributed by atoms with Gasteiger partial charge in [0, 0.05) is 19.0 Å². The van der Waals surface area contributed by atoms with Crippen molar-refractivity contribution in [3.63, 3.8) is 0 Å². The first-order chi connectivity index (χ1) is 8.42. The number of likely N-dealkylation sites (tertiary alicyclic amines) is 1. The molecule has 0 aliphatic carbocycles. The van der Waals surface area contributed by atoms with Gasteiger partial charge in [0.25, 0.3) is 0 Å². The molecule has 110 valence electrons. The maximum absolute atomic E-state index is 12.8. The predicted octanol–water partition coefficient (Wildman–Crippen LogP) is 2.62. The van der Waals surface area contributed by atoms with E-state index >= 15 is 0 Å². The minimum Gasteiger partial charge on any atom is -0.444 e. The zero-order valence-electron chi connectivity index (χ0n) is 11.4. The molecule has 0 aromatic heterocycles. The van der Waals surface area contributed by atoms with Crippen LogP contribution in [-0.2, 0) is 9.53 Å². The maximum atomic E-state index is 12.8. The summed E-state index contributed by atoms with van der Waals surface area (Å²) in [4.78, 5) is 24.0. The number of nitrogens with zero attached hydrogens (tertiary/aromatic N) is 1. The Morgan fingerprint density at radius 1 is 1.16 bits per heavy atom. The quantitative estimate of drug-likeness (QED) is 0.742. The molecular weight excluding hydrogens is 263 g/mol. The molecule has 0 aromatic carbocycles. The van der Waals surface area contributed by atoms with Crippen molar-refractivity contribution in [3.05, 3.63) is 0 Å². The Balaban J connectivity index is 2.81. The number of halogens is 3. The SMILES string of the molecule is CC(=O)[C@@H]1CN(C(=O)OC(C)(C)C)C[C@H]1C(F)(F)F. The fraction of sp³-hybridized carbons (Fsp3) is 0.833. The second-order valence-corrected chi connectivity index (χ2v) is 5.75. The summed E-state index contributed by atoms with van der Waals surface area (Å²) in [6, 6.07) is 0. The van der Waals surface area contributed by atoms with Gasteiger partial charge in [-0.05, 0) is 27.7 Å². The number of hydrogen-bond donors (Lipinski definition) is 0. The number of alkyl halides is 3. The molecule has 1 aliphatic heterocycles. The fourth-order valence-corrected chi connectivity index (χ4v) is 2.02. The molecule has 0 unspecified atom stereocenters. The largest absolute Gasteiger partial charge is 0.444 e. The first kappa shape index (κ1) is 15.8. The molecule has 1 rings (SSSR count). The zero-order valence-corrected chi connectivity index (χ0v) is 11.4. The number of Topliss-reactive ketones (excluding diaryl/α,β-unsaturated/α-hetero) is 1. The van der Waals surface area contributed by atoms with E-state index in [0.29, 0.717) is 0 Å². The number of carbonyl (C=O) groups excluding carboxylic acids is 2. The fourth-order valence-electron chi connectivity index (χ4n) is 2.02. The van der Waals surface area contributed by atoms with Gasteiger partial charge >= 0.3 is 12.3 Å². The van der Waals surface area contributed by atoms with Gasteiger partial charge in [-0.15, -0.1) is 0 Å². The maximum Gasteiger partial charge on any atom is 0.410 e. The number of carbonyl (C=O) groups is 2. The number of ether oxygens (including phenoxy) is 1. The summed E-state index contributed by atoms with van der Waals surface area (Å²) in [6.45, 7) is 5.24. The van der Waals surface area contributed by atoms with Crippen LogP contribution < -0.4 is 0 Å². The van der Waals surface area contributed by atoms with Gasteiger partial charge in [-0.1, -0.05) is 0 Å². The molecule has 1 fully saturated rings. The third kappa shape index (κ3) is 4.11. The van der Waals surface area contributed by atoms with Gasteiger partial charge < -0.3 is 9.64 Å². The summed E-state index contributed by atoms with van der Waals surface area (Å²) < 4.78 is 43.5. The predicted molar refractivity (Wildman–Crippen MR) is 61.5 cm³/mol. The lowest BCUT2D eigenvalue weighted by molar-refractivity contribution is -0.182. The second-order valence-electron chi connectivity index (χ2n) is 5.75. The molecule has 1 heterocycles. The van der Waals surface area contributed by atoms with Crippen LogP contribution in [0.3, 0.4) is 0 Å². The van der Waals surface area contributed by atoms with Crippen LogP contribution >= 0.6 is 0 Å². The van der Waals surface area contributed by atoms with Gasteiger partial charge in [-0.25, -0.2) is 4.79 Å². The third-order valence-electron chi connectivity index (χ3n) is 2.91. The molecule has 1 aliphatic rings. The Hall–Kier alpha value is -1.27. The summed E-state index contributed by atoms with van der Waals surface area (Å²) in [7, 11) is 0. The molecule has 0 spiro atoms. The summed E-state index contributed by atoms with van der Waals surface area (Å²) in [6.07, 6.45) is -5.31. The van der Waals surface area contributed by atoms with Gasteiger partial charge in [0.1, 0.15) is 11.4 Å². The lowest BCUT2D eigenvalue weighted by Gasteiger charge is -2.24. The average Bonchev–Trinajstić information content (AvgIpc) is 2.57. The third-order valence-corrected chi connectivity index (χ3v) is 2.91. The van der Waals surface area contributed by atoms with Crippen LogP contribution in [0.4, 0.5) is 18.0 Å². The van der Waals surface area contributed by atoms with Gasteiger partial charge in [0.05, 0.1) is 5.92 Å². The first-order valence-electron chi connectivity index (χ1n) is 5.97. The molecule has 19 heavy (non-hydrogen) atoms. The van der Waals surface area contributed by atoms with Crippen molar-refractivity contribution < 1.29 is 27.5 Å². The van der Waals surface area contributed by atoms with Crippen molar-refractivity contribution in [2.24, 2.45) is 11.8 Å². The molecule has 0 radical (unpaired) electrons. The molecule has 2 atom stereocenters. The second kappa shape index (κ2) is 5.02. The molecule has 7 heteroatoms. The Morgan fingerprint density at radius 2 is 1.68 bits per heavy atom. The van der Waals surface area contributed by atoms with E-state index in [-0.39, 0.29) is 6.54 Å². The standard InChI is InChI=1S/C12H18F3NO3/c1-7(17)8-5-16(6-9(8)12(13,14)15)10(18)19-11(2,3)4/h8-9H,5-6H2,1-4H3/t8-,9+/m0/s1. The monoisotopic (exact) mass is 281 g/mol. The lowest BCUT2D eigenvalue weighted by atomic mass is 9.92. The highest BCUT2D eigenvalue weighted by Gasteiger charge is 2.52. The van der Waals surface area contributed by atoms with Gasteiger partial charge in [0.2, 0.25) is 0 Å². The van der Waals surface area contributed by atoms with E-state index in [2.05, 4.69) is 0 Å². The minimum absolute atomic E-state index is 0.242. The van der Waals surface area contributed by atoms with Crippen LogP contribution in [0.2, 0.25) is 0 Å². The number of ketones is 1. The molecule has 1 saturated heterocycles. The van der Waals surface area contributed by atoms with Crippen molar-refractivity contribution >= 4 is 11.9 Å². The summed E-state index contributed by atoms with van der Waals surface area (Å²) in [5.74, 6) is -3.57. The highest BCUT2D eigenvalue weighted by molar-refractivity contribution is 5.80. The van der Waals surface area contributed by atoms with Crippen molar-refractivity contribution in [2.45, 2.75) is 39.5 Å². The van der Waals surface area contributed by atoms with E-state index in [4.69, 9.17) is 4.74 Å². The number of amides is 1. The highest BCUT2D eigenvalue weighted by atomic mass is 19.4. The smallest absolute Gasteiger partial charge is 0.410 e. The number of hydrogen-bond acceptors (Lipinski definition) is 3. The lowest BCUT2D eigenvalue weighted by Crippen LogP contribution is -2.36. The van der Waals surface area contributed by atoms with Crippen LogP contribution in [0.5, 0.6) is 0 Å². The van der Waals surface area contributed by atoms with Crippen molar-refractivity contribution in [1.29, 1.82) is 0 Å². The minimum atomic E-state index is -4.49. The Morgan fingerprint density at radius 3 is 2.00 bits per heavy atom. The Bertz CT molecular complexity index is 373. The van der Waals surface area contributed by atoms with Gasteiger partial charge in [0.15, 0.2) is 0 Å². The molecule has 0 N–H and O–H groups in total. The van der Waals surface area contributed by atoms with Crippen molar-refractivity contribution in [2.75, 3.05) is 13.1 Å². The summed E-state index contributed by atoms with van der Waals surface area (Å²) in [5.41, 5.74) is -0.779. The Kier molecular flexibility index (Phi) is 4.17. The average molecular weight is 281 g/mol. The molecule has 0 aromatic rings. The molecule has 0 saturated carbocycles. The van der Waals surface area contributed by atoms with E-state index in [9.17, 15) is 22.8 Å². The van der Waals surface area contributed by atoms with Crippen molar-refractivity contribution in [1.82, 2.24) is 4.90 Å².